The van der Waals surface area contributed by atoms with E-state index in [0.717, 1.165) is 29.9 Å². The summed E-state index contributed by atoms with van der Waals surface area (Å²) in [6.07, 6.45) is 0.951. The Morgan fingerprint density at radius 3 is 3.15 bits per heavy atom. The normalized spacial score (nSPS) is 19.4. The molecule has 1 N–H and O–H groups in total. The van der Waals surface area contributed by atoms with Gasteiger partial charge in [0.05, 0.1) is 23.0 Å². The first-order valence-electron chi connectivity index (χ1n) is 6.46. The fraction of sp³-hybridized carbons (Fsp3) is 0.200. The fourth-order valence-electron chi connectivity index (χ4n) is 3.00. The number of hydrogen-bond acceptors (Lipinski definition) is 4. The number of thiophene rings is 1. The minimum absolute atomic E-state index is 0.0153. The molecular formula is C15H11N3OS. The van der Waals surface area contributed by atoms with Crippen LogP contribution in [0.1, 0.15) is 22.0 Å². The van der Waals surface area contributed by atoms with Crippen LogP contribution in [0.25, 0.3) is 0 Å². The van der Waals surface area contributed by atoms with Gasteiger partial charge in [-0.05, 0) is 41.6 Å². The number of carbonyl (C=O) groups excluding carboxylic acids is 1. The summed E-state index contributed by atoms with van der Waals surface area (Å²) < 4.78 is 0. The van der Waals surface area contributed by atoms with Crippen LogP contribution in [0.5, 0.6) is 0 Å². The highest BCUT2D eigenvalue weighted by atomic mass is 32.1. The topological polar surface area (TPSA) is 56.1 Å². The van der Waals surface area contributed by atoms with Crippen LogP contribution in [0.2, 0.25) is 0 Å². The van der Waals surface area contributed by atoms with E-state index in [1.165, 1.54) is 4.88 Å². The van der Waals surface area contributed by atoms with Gasteiger partial charge in [-0.3, -0.25) is 4.79 Å². The molecule has 3 heterocycles. The van der Waals surface area contributed by atoms with Crippen molar-refractivity contribution in [3.05, 3.63) is 45.6 Å². The van der Waals surface area contributed by atoms with E-state index in [1.54, 1.807) is 17.4 Å². The first kappa shape index (κ1) is 11.5. The molecule has 0 saturated carbocycles. The Kier molecular flexibility index (Phi) is 2.35. The van der Waals surface area contributed by atoms with Crippen LogP contribution >= 0.6 is 11.3 Å². The van der Waals surface area contributed by atoms with Crippen molar-refractivity contribution >= 4 is 28.6 Å². The summed E-state index contributed by atoms with van der Waals surface area (Å²) in [7, 11) is 0. The Hall–Kier alpha value is -2.32. The first-order valence-corrected chi connectivity index (χ1v) is 7.34. The smallest absolute Gasteiger partial charge is 0.251 e. The van der Waals surface area contributed by atoms with Gasteiger partial charge in [-0.1, -0.05) is 0 Å². The maximum Gasteiger partial charge on any atom is 0.251 e. The number of anilines is 2. The number of rotatable bonds is 0. The SMILES string of the molecule is N#Cc1ccc2c(c1)N1CCc3sccc3C1C(=O)N2. The molecule has 2 aliphatic rings. The molecule has 98 valence electrons. The van der Waals surface area contributed by atoms with Crippen LogP contribution in [0.15, 0.2) is 29.6 Å². The second-order valence-corrected chi connectivity index (χ2v) is 5.98. The fourth-order valence-corrected chi connectivity index (χ4v) is 3.91. The second-order valence-electron chi connectivity index (χ2n) is 4.98. The largest absolute Gasteiger partial charge is 0.354 e. The molecule has 20 heavy (non-hydrogen) atoms. The van der Waals surface area contributed by atoms with Crippen LogP contribution in [-0.4, -0.2) is 12.5 Å². The summed E-state index contributed by atoms with van der Waals surface area (Å²) in [5.41, 5.74) is 3.47. The van der Waals surface area contributed by atoms with E-state index in [2.05, 4.69) is 16.3 Å². The quantitative estimate of drug-likeness (QED) is 0.807. The molecule has 4 nitrogen and oxygen atoms in total. The maximum atomic E-state index is 12.4. The van der Waals surface area contributed by atoms with Crippen LogP contribution in [0, 0.1) is 11.3 Å². The van der Waals surface area contributed by atoms with Gasteiger partial charge in [-0.25, -0.2) is 0 Å². The van der Waals surface area contributed by atoms with E-state index in [1.807, 2.05) is 23.6 Å². The number of benzene rings is 1. The maximum absolute atomic E-state index is 12.4. The zero-order chi connectivity index (χ0) is 13.7. The Labute approximate surface area is 120 Å². The van der Waals surface area contributed by atoms with Crippen molar-refractivity contribution in [2.45, 2.75) is 12.5 Å². The summed E-state index contributed by atoms with van der Waals surface area (Å²) in [5, 5.41) is 14.1. The van der Waals surface area contributed by atoms with Crippen molar-refractivity contribution in [3.63, 3.8) is 0 Å². The third-order valence-electron chi connectivity index (χ3n) is 3.91. The van der Waals surface area contributed by atoms with Crippen molar-refractivity contribution in [3.8, 4) is 6.07 Å². The molecule has 0 spiro atoms. The van der Waals surface area contributed by atoms with E-state index >= 15 is 0 Å². The van der Waals surface area contributed by atoms with Crippen LogP contribution < -0.4 is 10.2 Å². The monoisotopic (exact) mass is 281 g/mol. The Morgan fingerprint density at radius 2 is 2.30 bits per heavy atom. The van der Waals surface area contributed by atoms with E-state index in [4.69, 9.17) is 5.26 Å². The molecular weight excluding hydrogens is 270 g/mol. The number of nitrogens with one attached hydrogen (secondary N) is 1. The predicted molar refractivity (Wildman–Crippen MR) is 77.9 cm³/mol. The zero-order valence-corrected chi connectivity index (χ0v) is 11.4. The summed E-state index contributed by atoms with van der Waals surface area (Å²) >= 11 is 1.71. The molecule has 1 amide bonds. The number of nitriles is 1. The van der Waals surface area contributed by atoms with Gasteiger partial charge in [0.1, 0.15) is 6.04 Å². The third kappa shape index (κ3) is 1.49. The molecule has 2 aliphatic heterocycles. The van der Waals surface area contributed by atoms with Gasteiger partial charge in [0.25, 0.3) is 5.91 Å². The Bertz CT molecular complexity index is 759. The summed E-state index contributed by atoms with van der Waals surface area (Å²) in [6.45, 7) is 0.813. The molecule has 4 rings (SSSR count). The van der Waals surface area contributed by atoms with Crippen LogP contribution in [0.3, 0.4) is 0 Å². The predicted octanol–water partition coefficient (Wildman–Crippen LogP) is 2.68. The molecule has 1 unspecified atom stereocenters. The van der Waals surface area contributed by atoms with E-state index in [-0.39, 0.29) is 11.9 Å². The average Bonchev–Trinajstić information content (AvgIpc) is 2.95. The number of fused-ring (bicyclic) bond motifs is 5. The number of nitrogens with zero attached hydrogens (tertiary/aromatic N) is 2. The minimum atomic E-state index is -0.258. The zero-order valence-electron chi connectivity index (χ0n) is 10.6. The van der Waals surface area contributed by atoms with Gasteiger partial charge in [-0.2, -0.15) is 5.26 Å². The lowest BCUT2D eigenvalue weighted by Gasteiger charge is -2.41. The Morgan fingerprint density at radius 1 is 1.40 bits per heavy atom. The van der Waals surface area contributed by atoms with Crippen molar-refractivity contribution in [2.75, 3.05) is 16.8 Å². The minimum Gasteiger partial charge on any atom is -0.354 e. The first-order chi connectivity index (χ1) is 9.78. The second kappa shape index (κ2) is 4.09. The molecule has 0 aliphatic carbocycles. The standard InChI is InChI=1S/C15H11N3OS/c16-8-9-1-2-11-12(7-9)18-5-3-13-10(4-6-20-13)14(18)15(19)17-11/h1-2,4,6-7,14H,3,5H2,(H,17,19). The van der Waals surface area contributed by atoms with Gasteiger partial charge < -0.3 is 10.2 Å². The third-order valence-corrected chi connectivity index (χ3v) is 4.90. The van der Waals surface area contributed by atoms with Gasteiger partial charge in [0.15, 0.2) is 0 Å². The summed E-state index contributed by atoms with van der Waals surface area (Å²) in [4.78, 5) is 15.8. The van der Waals surface area contributed by atoms with Crippen molar-refractivity contribution < 1.29 is 4.79 Å². The van der Waals surface area contributed by atoms with Crippen molar-refractivity contribution in [1.82, 2.24) is 0 Å². The summed E-state index contributed by atoms with van der Waals surface area (Å²) in [6, 6.07) is 9.35. The van der Waals surface area contributed by atoms with Gasteiger partial charge >= 0.3 is 0 Å². The number of carbonyl (C=O) groups is 1. The average molecular weight is 281 g/mol. The lowest BCUT2D eigenvalue weighted by molar-refractivity contribution is -0.117. The highest BCUT2D eigenvalue weighted by Gasteiger charge is 2.38. The molecule has 0 saturated heterocycles. The Balaban J connectivity index is 1.88. The molecule has 1 atom stereocenters. The molecule has 0 radical (unpaired) electrons. The molecule has 5 heteroatoms. The number of amides is 1. The lowest BCUT2D eigenvalue weighted by atomic mass is 9.95. The lowest BCUT2D eigenvalue weighted by Crippen LogP contribution is -2.45. The van der Waals surface area contributed by atoms with Gasteiger partial charge in [-0.15, -0.1) is 11.3 Å². The highest BCUT2D eigenvalue weighted by Crippen LogP contribution is 2.43. The highest BCUT2D eigenvalue weighted by molar-refractivity contribution is 7.10. The van der Waals surface area contributed by atoms with E-state index in [0.29, 0.717) is 5.56 Å². The van der Waals surface area contributed by atoms with Gasteiger partial charge in [0.2, 0.25) is 0 Å². The van der Waals surface area contributed by atoms with E-state index < -0.39 is 0 Å². The van der Waals surface area contributed by atoms with Crippen LogP contribution in [-0.2, 0) is 11.2 Å². The molecule has 2 aromatic rings. The molecule has 1 aromatic heterocycles. The summed E-state index contributed by atoms with van der Waals surface area (Å²) in [5.74, 6) is 0.0153. The van der Waals surface area contributed by atoms with Crippen molar-refractivity contribution in [2.24, 2.45) is 0 Å². The molecule has 1 aromatic carbocycles. The van der Waals surface area contributed by atoms with E-state index in [9.17, 15) is 4.79 Å². The van der Waals surface area contributed by atoms with Gasteiger partial charge in [0, 0.05) is 11.4 Å². The molecule has 0 fully saturated rings. The molecule has 0 bridgehead atoms. The number of hydrogen-bond donors (Lipinski definition) is 1. The van der Waals surface area contributed by atoms with Crippen molar-refractivity contribution in [1.29, 1.82) is 5.26 Å². The van der Waals surface area contributed by atoms with Crippen LogP contribution in [0.4, 0.5) is 11.4 Å².